The van der Waals surface area contributed by atoms with Gasteiger partial charge in [-0.15, -0.1) is 0 Å². The van der Waals surface area contributed by atoms with Gasteiger partial charge >= 0.3 is 0 Å². The number of fused-ring (bicyclic) bond motifs is 1. The van der Waals surface area contributed by atoms with Crippen LogP contribution in [-0.4, -0.2) is 11.6 Å². The topological polar surface area (TPSA) is 34.1 Å². The fraction of sp³-hybridized carbons (Fsp3) is 0.167. The fourth-order valence-corrected chi connectivity index (χ4v) is 2.45. The second kappa shape index (κ2) is 6.60. The van der Waals surface area contributed by atoms with Crippen molar-refractivity contribution >= 4 is 16.6 Å². The van der Waals surface area contributed by atoms with E-state index in [-0.39, 0.29) is 10.9 Å². The maximum Gasteiger partial charge on any atom is 0.149 e. The van der Waals surface area contributed by atoms with Crippen LogP contribution in [-0.2, 0) is 6.54 Å². The van der Waals surface area contributed by atoms with Gasteiger partial charge in [0.05, 0.1) is 12.0 Å². The molecular formula is C18H16F2N2O. The van der Waals surface area contributed by atoms with E-state index in [0.29, 0.717) is 18.8 Å². The van der Waals surface area contributed by atoms with E-state index in [1.54, 1.807) is 6.07 Å². The lowest BCUT2D eigenvalue weighted by atomic mass is 10.1. The summed E-state index contributed by atoms with van der Waals surface area (Å²) in [5, 5.41) is 3.30. The Labute approximate surface area is 132 Å². The maximum absolute atomic E-state index is 14.1. The monoisotopic (exact) mass is 314 g/mol. The zero-order chi connectivity index (χ0) is 16.2. The highest BCUT2D eigenvalue weighted by Crippen LogP contribution is 2.27. The van der Waals surface area contributed by atoms with Crippen molar-refractivity contribution in [2.75, 3.05) is 11.9 Å². The summed E-state index contributed by atoms with van der Waals surface area (Å²) in [6, 6.07) is 11.5. The molecule has 3 nitrogen and oxygen atoms in total. The molecule has 3 aromatic rings. The molecule has 0 saturated heterocycles. The molecule has 1 heterocycles. The van der Waals surface area contributed by atoms with Gasteiger partial charge in [0.2, 0.25) is 0 Å². The van der Waals surface area contributed by atoms with E-state index in [1.807, 2.05) is 31.2 Å². The van der Waals surface area contributed by atoms with Crippen LogP contribution < -0.4 is 10.1 Å². The molecule has 0 aliphatic heterocycles. The smallest absolute Gasteiger partial charge is 0.149 e. The average Bonchev–Trinajstić information content (AvgIpc) is 2.57. The molecule has 118 valence electrons. The van der Waals surface area contributed by atoms with Crippen LogP contribution in [0.3, 0.4) is 0 Å². The third-order valence-electron chi connectivity index (χ3n) is 3.48. The minimum atomic E-state index is -0.539. The second-order valence-corrected chi connectivity index (χ2v) is 5.05. The predicted octanol–water partition coefficient (Wildman–Crippen LogP) is 4.52. The quantitative estimate of drug-likeness (QED) is 0.751. The van der Waals surface area contributed by atoms with Crippen LogP contribution in [0.5, 0.6) is 5.75 Å². The first kappa shape index (κ1) is 15.2. The summed E-state index contributed by atoms with van der Waals surface area (Å²) in [4.78, 5) is 3.92. The summed E-state index contributed by atoms with van der Waals surface area (Å²) < 4.78 is 33.3. The first-order valence-corrected chi connectivity index (χ1v) is 7.37. The van der Waals surface area contributed by atoms with E-state index in [0.717, 1.165) is 23.4 Å². The molecule has 0 fully saturated rings. The standard InChI is InChI=1S/C18H16F2N2O/c1-2-23-13-5-3-4-12(10-13)11-22-16-8-9-21-18-15(20)7-6-14(19)17(16)18/h3-10H,2,11H2,1H3,(H,21,22). The van der Waals surface area contributed by atoms with Crippen LogP contribution in [0.1, 0.15) is 12.5 Å². The number of anilines is 1. The van der Waals surface area contributed by atoms with E-state index in [1.165, 1.54) is 6.20 Å². The number of benzene rings is 2. The number of rotatable bonds is 5. The van der Waals surface area contributed by atoms with E-state index in [4.69, 9.17) is 4.74 Å². The van der Waals surface area contributed by atoms with Gasteiger partial charge in [0, 0.05) is 18.4 Å². The lowest BCUT2D eigenvalue weighted by Crippen LogP contribution is -2.02. The normalized spacial score (nSPS) is 10.7. The molecule has 0 aliphatic carbocycles. The largest absolute Gasteiger partial charge is 0.494 e. The fourth-order valence-electron chi connectivity index (χ4n) is 2.45. The molecule has 0 bridgehead atoms. The first-order valence-electron chi connectivity index (χ1n) is 7.37. The SMILES string of the molecule is CCOc1cccc(CNc2ccnc3c(F)ccc(F)c23)c1. The summed E-state index contributed by atoms with van der Waals surface area (Å²) in [5.41, 5.74) is 1.52. The second-order valence-electron chi connectivity index (χ2n) is 5.05. The molecular weight excluding hydrogens is 298 g/mol. The molecule has 2 aromatic carbocycles. The lowest BCUT2D eigenvalue weighted by Gasteiger charge is -2.11. The highest BCUT2D eigenvalue weighted by Gasteiger charge is 2.11. The number of nitrogens with one attached hydrogen (secondary N) is 1. The molecule has 0 aliphatic rings. The van der Waals surface area contributed by atoms with E-state index in [2.05, 4.69) is 10.3 Å². The number of hydrogen-bond acceptors (Lipinski definition) is 3. The molecule has 0 amide bonds. The summed E-state index contributed by atoms with van der Waals surface area (Å²) in [6.07, 6.45) is 1.46. The van der Waals surface area contributed by atoms with Crippen LogP contribution in [0.15, 0.2) is 48.7 Å². The van der Waals surface area contributed by atoms with Crippen LogP contribution >= 0.6 is 0 Å². The Morgan fingerprint density at radius 1 is 1.09 bits per heavy atom. The number of hydrogen-bond donors (Lipinski definition) is 1. The van der Waals surface area contributed by atoms with Crippen LogP contribution in [0.4, 0.5) is 14.5 Å². The van der Waals surface area contributed by atoms with E-state index in [9.17, 15) is 8.78 Å². The van der Waals surface area contributed by atoms with Crippen molar-refractivity contribution in [3.63, 3.8) is 0 Å². The molecule has 0 atom stereocenters. The average molecular weight is 314 g/mol. The van der Waals surface area contributed by atoms with E-state index < -0.39 is 11.6 Å². The Hall–Kier alpha value is -2.69. The zero-order valence-corrected chi connectivity index (χ0v) is 12.6. The first-order chi connectivity index (χ1) is 11.2. The predicted molar refractivity (Wildman–Crippen MR) is 86.6 cm³/mol. The van der Waals surface area contributed by atoms with Gasteiger partial charge in [-0.3, -0.25) is 4.98 Å². The van der Waals surface area contributed by atoms with Crippen molar-refractivity contribution in [3.8, 4) is 5.75 Å². The minimum absolute atomic E-state index is 0.0260. The molecule has 1 N–H and O–H groups in total. The third-order valence-corrected chi connectivity index (χ3v) is 3.48. The highest BCUT2D eigenvalue weighted by atomic mass is 19.1. The highest BCUT2D eigenvalue weighted by molar-refractivity contribution is 5.91. The molecule has 0 spiro atoms. The van der Waals surface area contributed by atoms with Gasteiger partial charge in [-0.05, 0) is 42.8 Å². The minimum Gasteiger partial charge on any atom is -0.494 e. The molecule has 0 radical (unpaired) electrons. The summed E-state index contributed by atoms with van der Waals surface area (Å²) in [6.45, 7) is 2.98. The molecule has 1 aromatic heterocycles. The van der Waals surface area contributed by atoms with Crippen LogP contribution in [0.25, 0.3) is 10.9 Å². The van der Waals surface area contributed by atoms with Crippen LogP contribution in [0.2, 0.25) is 0 Å². The van der Waals surface area contributed by atoms with E-state index >= 15 is 0 Å². The zero-order valence-electron chi connectivity index (χ0n) is 12.6. The number of ether oxygens (including phenoxy) is 1. The van der Waals surface area contributed by atoms with Gasteiger partial charge in [-0.25, -0.2) is 8.78 Å². The van der Waals surface area contributed by atoms with Gasteiger partial charge in [-0.1, -0.05) is 12.1 Å². The number of pyridine rings is 1. The van der Waals surface area contributed by atoms with Gasteiger partial charge in [0.1, 0.15) is 22.9 Å². The van der Waals surface area contributed by atoms with Gasteiger partial charge < -0.3 is 10.1 Å². The Morgan fingerprint density at radius 2 is 1.91 bits per heavy atom. The van der Waals surface area contributed by atoms with Gasteiger partial charge in [-0.2, -0.15) is 0 Å². The van der Waals surface area contributed by atoms with Crippen molar-refractivity contribution in [1.29, 1.82) is 0 Å². The third kappa shape index (κ3) is 3.23. The summed E-state index contributed by atoms with van der Waals surface area (Å²) in [7, 11) is 0. The summed E-state index contributed by atoms with van der Waals surface area (Å²) >= 11 is 0. The van der Waals surface area contributed by atoms with Gasteiger partial charge in [0.25, 0.3) is 0 Å². The Morgan fingerprint density at radius 3 is 2.74 bits per heavy atom. The van der Waals surface area contributed by atoms with Crippen LogP contribution in [0, 0.1) is 11.6 Å². The Kier molecular flexibility index (Phi) is 4.37. The molecule has 0 unspecified atom stereocenters. The summed E-state index contributed by atoms with van der Waals surface area (Å²) in [5.74, 6) is -0.257. The van der Waals surface area contributed by atoms with Crippen molar-refractivity contribution < 1.29 is 13.5 Å². The number of aromatic nitrogens is 1. The lowest BCUT2D eigenvalue weighted by molar-refractivity contribution is 0.340. The molecule has 3 rings (SSSR count). The van der Waals surface area contributed by atoms with Gasteiger partial charge in [0.15, 0.2) is 0 Å². The van der Waals surface area contributed by atoms with Crippen molar-refractivity contribution in [2.45, 2.75) is 13.5 Å². The Balaban J connectivity index is 1.88. The molecule has 5 heteroatoms. The van der Waals surface area contributed by atoms with Crippen molar-refractivity contribution in [1.82, 2.24) is 4.98 Å². The maximum atomic E-state index is 14.1. The number of halogens is 2. The molecule has 0 saturated carbocycles. The number of nitrogens with zero attached hydrogens (tertiary/aromatic N) is 1. The van der Waals surface area contributed by atoms with Crippen molar-refractivity contribution in [3.05, 3.63) is 65.9 Å². The Bertz CT molecular complexity index is 836. The van der Waals surface area contributed by atoms with Crippen molar-refractivity contribution in [2.24, 2.45) is 0 Å². The molecule has 23 heavy (non-hydrogen) atoms.